The van der Waals surface area contributed by atoms with E-state index in [-0.39, 0.29) is 0 Å². The molecule has 0 saturated heterocycles. The Labute approximate surface area is 319 Å². The van der Waals surface area contributed by atoms with Gasteiger partial charge in [0.25, 0.3) is 0 Å². The smallest absolute Gasteiger partial charge is 0.240 e. The minimum absolute atomic E-state index is 0.429. The molecule has 10 nitrogen and oxygen atoms in total. The van der Waals surface area contributed by atoms with Crippen LogP contribution < -0.4 is 0 Å². The molecule has 0 amide bonds. The first kappa shape index (κ1) is 31.5. The third-order valence-corrected chi connectivity index (χ3v) is 9.86. The molecule has 5 heterocycles. The zero-order valence-corrected chi connectivity index (χ0v) is 29.6. The van der Waals surface area contributed by atoms with Gasteiger partial charge in [-0.3, -0.25) is 9.13 Å². The summed E-state index contributed by atoms with van der Waals surface area (Å²) in [5.41, 5.74) is 7.87. The van der Waals surface area contributed by atoms with E-state index in [4.69, 9.17) is 39.9 Å². The third-order valence-electron chi connectivity index (χ3n) is 9.86. The van der Waals surface area contributed by atoms with Crippen LogP contribution in [-0.4, -0.2) is 49.0 Å². The number of hydrogen-bond donors (Lipinski definition) is 0. The maximum absolute atomic E-state index is 5.48. The van der Waals surface area contributed by atoms with Crippen LogP contribution in [0.2, 0.25) is 0 Å². The van der Waals surface area contributed by atoms with Crippen molar-refractivity contribution in [3.63, 3.8) is 0 Å². The number of hydrogen-bond acceptors (Lipinski definition) is 8. The molecule has 56 heavy (non-hydrogen) atoms. The molecule has 6 aromatic carbocycles. The summed E-state index contributed by atoms with van der Waals surface area (Å²) in [7, 11) is 0. The molecule has 0 fully saturated rings. The summed E-state index contributed by atoms with van der Waals surface area (Å²) in [5.74, 6) is 3.06. The number of fused-ring (bicyclic) bond motifs is 6. The standard InChI is InChI=1S/C46H28N10/c1-5-17-29(18-6-1)39-48-40(30-19-7-2-8-20-30)51-45(50-39)55-35-27-15-13-25-33(35)37-43(55)54-44-38(47-37)34-26-14-16-28-36(34)56(44)46-52-41(31-21-9-3-10-22-31)49-42(53-46)32-23-11-4-12-24-32/h1-28H. The molecule has 11 aromatic rings. The van der Waals surface area contributed by atoms with Crippen molar-refractivity contribution >= 4 is 44.1 Å². The topological polar surface area (TPSA) is 113 Å². The van der Waals surface area contributed by atoms with Crippen LogP contribution in [0.25, 0.3) is 102 Å². The van der Waals surface area contributed by atoms with E-state index in [0.29, 0.717) is 46.5 Å². The SMILES string of the molecule is c1ccc(-c2nc(-c3ccccc3)nc(-n3c4ccccc4c4nc5c6ccccc6n(-c6nc(-c7ccccc7)nc(-c7ccccc7)n6)c5nc43)n2)cc1. The van der Waals surface area contributed by atoms with Crippen LogP contribution in [0.3, 0.4) is 0 Å². The summed E-state index contributed by atoms with van der Waals surface area (Å²) in [6.45, 7) is 0. The van der Waals surface area contributed by atoms with Crippen LogP contribution in [0, 0.1) is 0 Å². The molecular formula is C46H28N10. The fraction of sp³-hybridized carbons (Fsp3) is 0. The Bertz CT molecular complexity index is 2900. The van der Waals surface area contributed by atoms with Gasteiger partial charge in [0.15, 0.2) is 34.6 Å². The van der Waals surface area contributed by atoms with Gasteiger partial charge >= 0.3 is 0 Å². The molecule has 0 aliphatic rings. The average Bonchev–Trinajstić information content (AvgIpc) is 3.78. The molecule has 0 aliphatic carbocycles. The summed E-state index contributed by atoms with van der Waals surface area (Å²) in [6, 6.07) is 56.1. The largest absolute Gasteiger partial charge is 0.260 e. The van der Waals surface area contributed by atoms with Gasteiger partial charge in [0, 0.05) is 33.0 Å². The zero-order chi connectivity index (χ0) is 37.0. The van der Waals surface area contributed by atoms with E-state index in [1.165, 1.54) is 0 Å². The van der Waals surface area contributed by atoms with Gasteiger partial charge in [-0.05, 0) is 12.1 Å². The Hall–Kier alpha value is -7.98. The van der Waals surface area contributed by atoms with Crippen molar-refractivity contribution in [3.8, 4) is 57.4 Å². The fourth-order valence-corrected chi connectivity index (χ4v) is 7.26. The minimum atomic E-state index is 0.429. The highest BCUT2D eigenvalue weighted by Gasteiger charge is 2.24. The van der Waals surface area contributed by atoms with Crippen molar-refractivity contribution in [1.29, 1.82) is 0 Å². The molecule has 262 valence electrons. The Morgan fingerprint density at radius 1 is 0.268 bits per heavy atom. The van der Waals surface area contributed by atoms with Gasteiger partial charge in [0.05, 0.1) is 11.0 Å². The molecule has 10 heteroatoms. The van der Waals surface area contributed by atoms with Gasteiger partial charge in [-0.2, -0.15) is 19.9 Å². The van der Waals surface area contributed by atoms with Gasteiger partial charge in [-0.1, -0.05) is 158 Å². The molecule has 0 spiro atoms. The number of aromatic nitrogens is 10. The van der Waals surface area contributed by atoms with E-state index in [1.54, 1.807) is 0 Å². The lowest BCUT2D eigenvalue weighted by Gasteiger charge is -2.11. The number of rotatable bonds is 6. The molecular weight excluding hydrogens is 693 g/mol. The second-order valence-electron chi connectivity index (χ2n) is 13.3. The van der Waals surface area contributed by atoms with E-state index in [1.807, 2.05) is 167 Å². The quantitative estimate of drug-likeness (QED) is 0.167. The van der Waals surface area contributed by atoms with Crippen molar-refractivity contribution in [1.82, 2.24) is 49.0 Å². The highest BCUT2D eigenvalue weighted by atomic mass is 15.3. The first-order chi connectivity index (χ1) is 27.8. The molecule has 0 radical (unpaired) electrons. The number of nitrogens with zero attached hydrogens (tertiary/aromatic N) is 10. The van der Waals surface area contributed by atoms with Gasteiger partial charge in [-0.25, -0.2) is 19.9 Å². The lowest BCUT2D eigenvalue weighted by molar-refractivity contribution is 0.931. The maximum Gasteiger partial charge on any atom is 0.240 e. The van der Waals surface area contributed by atoms with Crippen molar-refractivity contribution in [2.24, 2.45) is 0 Å². The van der Waals surface area contributed by atoms with Crippen LogP contribution in [0.4, 0.5) is 0 Å². The van der Waals surface area contributed by atoms with Crippen LogP contribution in [0.5, 0.6) is 0 Å². The zero-order valence-electron chi connectivity index (χ0n) is 29.6. The van der Waals surface area contributed by atoms with Gasteiger partial charge in [0.1, 0.15) is 11.0 Å². The molecule has 11 rings (SSSR count). The molecule has 0 unspecified atom stereocenters. The van der Waals surface area contributed by atoms with Crippen LogP contribution in [0.1, 0.15) is 0 Å². The molecule has 0 atom stereocenters. The van der Waals surface area contributed by atoms with Crippen molar-refractivity contribution in [3.05, 3.63) is 170 Å². The molecule has 0 N–H and O–H groups in total. The van der Waals surface area contributed by atoms with E-state index in [9.17, 15) is 0 Å². The first-order valence-electron chi connectivity index (χ1n) is 18.2. The number of benzene rings is 6. The lowest BCUT2D eigenvalue weighted by Crippen LogP contribution is -2.08. The fourth-order valence-electron chi connectivity index (χ4n) is 7.26. The Morgan fingerprint density at radius 2 is 0.571 bits per heavy atom. The maximum atomic E-state index is 5.48. The molecule has 0 aliphatic heterocycles. The predicted molar refractivity (Wildman–Crippen MR) is 219 cm³/mol. The van der Waals surface area contributed by atoms with Crippen molar-refractivity contribution < 1.29 is 0 Å². The van der Waals surface area contributed by atoms with Crippen LogP contribution in [-0.2, 0) is 0 Å². The van der Waals surface area contributed by atoms with Crippen molar-refractivity contribution in [2.45, 2.75) is 0 Å². The Balaban J connectivity index is 1.23. The summed E-state index contributed by atoms with van der Waals surface area (Å²) in [4.78, 5) is 41.2. The summed E-state index contributed by atoms with van der Waals surface area (Å²) < 4.78 is 3.97. The summed E-state index contributed by atoms with van der Waals surface area (Å²) >= 11 is 0. The Morgan fingerprint density at radius 3 is 0.911 bits per heavy atom. The average molecular weight is 721 g/mol. The van der Waals surface area contributed by atoms with Crippen molar-refractivity contribution in [2.75, 3.05) is 0 Å². The normalized spacial score (nSPS) is 11.6. The summed E-state index contributed by atoms with van der Waals surface area (Å²) in [6.07, 6.45) is 0. The van der Waals surface area contributed by atoms with Crippen LogP contribution in [0.15, 0.2) is 170 Å². The van der Waals surface area contributed by atoms with E-state index in [0.717, 1.165) is 55.1 Å². The first-order valence-corrected chi connectivity index (χ1v) is 18.2. The van der Waals surface area contributed by atoms with Crippen LogP contribution >= 0.6 is 0 Å². The highest BCUT2D eigenvalue weighted by Crippen LogP contribution is 2.36. The molecule has 0 saturated carbocycles. The number of para-hydroxylation sites is 2. The van der Waals surface area contributed by atoms with E-state index >= 15 is 0 Å². The van der Waals surface area contributed by atoms with E-state index < -0.39 is 0 Å². The minimum Gasteiger partial charge on any atom is -0.260 e. The second kappa shape index (κ2) is 12.9. The second-order valence-corrected chi connectivity index (χ2v) is 13.3. The monoisotopic (exact) mass is 720 g/mol. The molecule has 5 aromatic heterocycles. The lowest BCUT2D eigenvalue weighted by atomic mass is 10.2. The van der Waals surface area contributed by atoms with E-state index in [2.05, 4.69) is 12.1 Å². The third kappa shape index (κ3) is 5.19. The highest BCUT2D eigenvalue weighted by molar-refractivity contribution is 6.12. The van der Waals surface area contributed by atoms with Gasteiger partial charge in [0.2, 0.25) is 11.9 Å². The van der Waals surface area contributed by atoms with Gasteiger partial charge in [-0.15, -0.1) is 0 Å². The molecule has 0 bridgehead atoms. The Kier molecular flexibility index (Phi) is 7.24. The van der Waals surface area contributed by atoms with Gasteiger partial charge < -0.3 is 0 Å². The predicted octanol–water partition coefficient (Wildman–Crippen LogP) is 9.71. The summed E-state index contributed by atoms with van der Waals surface area (Å²) in [5, 5.41) is 1.85.